The molecule has 2 aromatic carbocycles. The molecule has 1 amide bonds. The van der Waals surface area contributed by atoms with E-state index in [0.717, 1.165) is 24.2 Å². The van der Waals surface area contributed by atoms with Crippen LogP contribution in [0.25, 0.3) is 0 Å². The van der Waals surface area contributed by atoms with Gasteiger partial charge in [-0.1, -0.05) is 18.6 Å². The number of carbonyl (C=O) groups is 1. The Kier molecular flexibility index (Phi) is 7.92. The molecule has 2 aromatic rings. The third-order valence-electron chi connectivity index (χ3n) is 5.56. The second-order valence-electron chi connectivity index (χ2n) is 7.59. The van der Waals surface area contributed by atoms with Crippen molar-refractivity contribution in [2.45, 2.75) is 43.0 Å². The molecule has 1 atom stereocenters. The Bertz CT molecular complexity index is 958. The third kappa shape index (κ3) is 5.98. The molecule has 8 heteroatoms. The number of nitrogens with one attached hydrogen (secondary N) is 1. The molecule has 1 aliphatic heterocycles. The summed E-state index contributed by atoms with van der Waals surface area (Å²) in [5, 5.41) is 2.93. The highest BCUT2D eigenvalue weighted by Crippen LogP contribution is 2.28. The molecule has 0 bridgehead atoms. The fourth-order valence-electron chi connectivity index (χ4n) is 3.80. The number of hydrogen-bond donors (Lipinski definition) is 1. The van der Waals surface area contributed by atoms with Gasteiger partial charge >= 0.3 is 0 Å². The average molecular weight is 447 g/mol. The van der Waals surface area contributed by atoms with Crippen molar-refractivity contribution in [3.63, 3.8) is 0 Å². The Labute approximate surface area is 184 Å². The van der Waals surface area contributed by atoms with Crippen LogP contribution in [0, 0.1) is 0 Å². The monoisotopic (exact) mass is 446 g/mol. The molecule has 0 saturated carbocycles. The summed E-state index contributed by atoms with van der Waals surface area (Å²) in [6, 6.07) is 13.8. The fourth-order valence-corrected chi connectivity index (χ4v) is 5.49. The van der Waals surface area contributed by atoms with Crippen LogP contribution in [-0.2, 0) is 21.2 Å². The van der Waals surface area contributed by atoms with Crippen molar-refractivity contribution in [2.24, 2.45) is 0 Å². The summed E-state index contributed by atoms with van der Waals surface area (Å²) in [5.41, 5.74) is 1.10. The molecule has 1 saturated heterocycles. The molecule has 1 heterocycles. The van der Waals surface area contributed by atoms with Gasteiger partial charge in [-0.15, -0.1) is 0 Å². The zero-order valence-corrected chi connectivity index (χ0v) is 18.9. The maximum Gasteiger partial charge on any atom is 0.243 e. The van der Waals surface area contributed by atoms with E-state index in [1.165, 1.54) is 11.4 Å². The largest absolute Gasteiger partial charge is 0.497 e. The normalized spacial score (nSPS) is 17.2. The number of amides is 1. The van der Waals surface area contributed by atoms with E-state index in [1.54, 1.807) is 31.4 Å². The first-order chi connectivity index (χ1) is 14.9. The molecule has 3 rings (SSSR count). The third-order valence-corrected chi connectivity index (χ3v) is 7.52. The van der Waals surface area contributed by atoms with Crippen LogP contribution in [0.3, 0.4) is 0 Å². The van der Waals surface area contributed by atoms with Gasteiger partial charge in [0.25, 0.3) is 0 Å². The molecule has 1 fully saturated rings. The lowest BCUT2D eigenvalue weighted by Crippen LogP contribution is -2.46. The van der Waals surface area contributed by atoms with Gasteiger partial charge in [-0.05, 0) is 61.2 Å². The number of ether oxygens (including phenoxy) is 2. The van der Waals surface area contributed by atoms with Gasteiger partial charge in [-0.25, -0.2) is 8.42 Å². The number of methoxy groups -OCH3 is 2. The predicted octanol–water partition coefficient (Wildman–Crippen LogP) is 3.00. The average Bonchev–Trinajstić information content (AvgIpc) is 2.80. The van der Waals surface area contributed by atoms with Crippen LogP contribution in [-0.4, -0.2) is 52.0 Å². The van der Waals surface area contributed by atoms with Crippen molar-refractivity contribution in [2.75, 3.05) is 27.3 Å². The molecular weight excluding hydrogens is 416 g/mol. The highest BCUT2D eigenvalue weighted by Gasteiger charge is 2.34. The van der Waals surface area contributed by atoms with E-state index < -0.39 is 10.0 Å². The zero-order valence-electron chi connectivity index (χ0n) is 18.0. The highest BCUT2D eigenvalue weighted by molar-refractivity contribution is 7.89. The molecule has 0 aromatic heterocycles. The smallest absolute Gasteiger partial charge is 0.243 e. The number of hydrogen-bond acceptors (Lipinski definition) is 5. The molecule has 0 unspecified atom stereocenters. The Hall–Kier alpha value is -2.58. The Morgan fingerprint density at radius 1 is 1.00 bits per heavy atom. The molecular formula is C23H30N2O5S. The first-order valence-corrected chi connectivity index (χ1v) is 11.9. The van der Waals surface area contributed by atoms with Gasteiger partial charge in [0, 0.05) is 25.6 Å². The predicted molar refractivity (Wildman–Crippen MR) is 119 cm³/mol. The quantitative estimate of drug-likeness (QED) is 0.640. The molecule has 0 spiro atoms. The van der Waals surface area contributed by atoms with Crippen LogP contribution >= 0.6 is 0 Å². The fraction of sp³-hybridized carbons (Fsp3) is 0.435. The molecule has 31 heavy (non-hydrogen) atoms. The SMILES string of the molecule is COc1ccc(CCNC(=O)C[C@@H]2CCCCN2S(=O)(=O)c2ccc(OC)cc2)cc1. The van der Waals surface area contributed by atoms with Crippen LogP contribution in [0.15, 0.2) is 53.4 Å². The summed E-state index contributed by atoms with van der Waals surface area (Å²) in [7, 11) is -0.503. The van der Waals surface area contributed by atoms with Crippen molar-refractivity contribution < 1.29 is 22.7 Å². The molecule has 168 valence electrons. The van der Waals surface area contributed by atoms with Crippen LogP contribution in [0.5, 0.6) is 11.5 Å². The minimum atomic E-state index is -3.67. The minimum absolute atomic E-state index is 0.129. The number of rotatable bonds is 9. The van der Waals surface area contributed by atoms with Crippen molar-refractivity contribution in [3.05, 3.63) is 54.1 Å². The number of carbonyl (C=O) groups excluding carboxylic acids is 1. The van der Waals surface area contributed by atoms with E-state index in [4.69, 9.17) is 9.47 Å². The van der Waals surface area contributed by atoms with Gasteiger partial charge < -0.3 is 14.8 Å². The van der Waals surface area contributed by atoms with Crippen LogP contribution in [0.2, 0.25) is 0 Å². The molecule has 1 aliphatic rings. The van der Waals surface area contributed by atoms with Crippen LogP contribution < -0.4 is 14.8 Å². The van der Waals surface area contributed by atoms with Crippen molar-refractivity contribution in [1.82, 2.24) is 9.62 Å². The summed E-state index contributed by atoms with van der Waals surface area (Å²) in [6.07, 6.45) is 3.26. The lowest BCUT2D eigenvalue weighted by atomic mass is 10.0. The summed E-state index contributed by atoms with van der Waals surface area (Å²) in [6.45, 7) is 0.932. The molecule has 0 aliphatic carbocycles. The Balaban J connectivity index is 1.58. The summed E-state index contributed by atoms with van der Waals surface area (Å²) >= 11 is 0. The van der Waals surface area contributed by atoms with Crippen LogP contribution in [0.4, 0.5) is 0 Å². The van der Waals surface area contributed by atoms with E-state index in [1.807, 2.05) is 24.3 Å². The lowest BCUT2D eigenvalue weighted by molar-refractivity contribution is -0.122. The summed E-state index contributed by atoms with van der Waals surface area (Å²) in [5.74, 6) is 1.27. The van der Waals surface area contributed by atoms with E-state index in [2.05, 4.69) is 5.32 Å². The number of piperidine rings is 1. The molecule has 1 N–H and O–H groups in total. The first-order valence-electron chi connectivity index (χ1n) is 10.5. The second kappa shape index (κ2) is 10.6. The van der Waals surface area contributed by atoms with Gasteiger partial charge in [0.05, 0.1) is 19.1 Å². The van der Waals surface area contributed by atoms with Crippen molar-refractivity contribution >= 4 is 15.9 Å². The topological polar surface area (TPSA) is 84.9 Å². The van der Waals surface area contributed by atoms with Gasteiger partial charge in [-0.2, -0.15) is 4.31 Å². The van der Waals surface area contributed by atoms with E-state index in [9.17, 15) is 13.2 Å². The van der Waals surface area contributed by atoms with E-state index in [0.29, 0.717) is 31.7 Å². The van der Waals surface area contributed by atoms with Gasteiger partial charge in [0.15, 0.2) is 0 Å². The minimum Gasteiger partial charge on any atom is -0.497 e. The van der Waals surface area contributed by atoms with Crippen molar-refractivity contribution in [1.29, 1.82) is 0 Å². The van der Waals surface area contributed by atoms with E-state index in [-0.39, 0.29) is 23.3 Å². The van der Waals surface area contributed by atoms with Crippen molar-refractivity contribution in [3.8, 4) is 11.5 Å². The maximum atomic E-state index is 13.2. The standard InChI is InChI=1S/C23H30N2O5S/c1-29-20-8-6-18(7-9-20)14-15-24-23(26)17-19-5-3-4-16-25(19)31(27,28)22-12-10-21(30-2)11-13-22/h6-13,19H,3-5,14-17H2,1-2H3,(H,24,26)/t19-/m0/s1. The van der Waals surface area contributed by atoms with Crippen LogP contribution in [0.1, 0.15) is 31.2 Å². The Morgan fingerprint density at radius 3 is 2.23 bits per heavy atom. The highest BCUT2D eigenvalue weighted by atomic mass is 32.2. The summed E-state index contributed by atoms with van der Waals surface area (Å²) in [4.78, 5) is 12.7. The van der Waals surface area contributed by atoms with Gasteiger partial charge in [0.1, 0.15) is 11.5 Å². The molecule has 7 nitrogen and oxygen atoms in total. The maximum absolute atomic E-state index is 13.2. The molecule has 0 radical (unpaired) electrons. The van der Waals surface area contributed by atoms with Gasteiger partial charge in [-0.3, -0.25) is 4.79 Å². The summed E-state index contributed by atoms with van der Waals surface area (Å²) < 4.78 is 38.1. The number of sulfonamides is 1. The number of benzene rings is 2. The van der Waals surface area contributed by atoms with E-state index >= 15 is 0 Å². The lowest BCUT2D eigenvalue weighted by Gasteiger charge is -2.34. The zero-order chi connectivity index (χ0) is 22.3. The number of nitrogens with zero attached hydrogens (tertiary/aromatic N) is 1. The Morgan fingerprint density at radius 2 is 1.61 bits per heavy atom. The second-order valence-corrected chi connectivity index (χ2v) is 9.48. The van der Waals surface area contributed by atoms with Gasteiger partial charge in [0.2, 0.25) is 15.9 Å². The first kappa shape index (κ1) is 23.1.